The van der Waals surface area contributed by atoms with Crippen LogP contribution in [0.25, 0.3) is 0 Å². The van der Waals surface area contributed by atoms with Crippen LogP contribution >= 0.6 is 18.9 Å². The number of rotatable bonds is 3. The van der Waals surface area contributed by atoms with Crippen molar-refractivity contribution >= 4 is 34.9 Å². The smallest absolute Gasteiger partial charge is 0.0264 e. The number of halogens is 1. The first kappa shape index (κ1) is 32.8. The van der Waals surface area contributed by atoms with Gasteiger partial charge in [0, 0.05) is 24.5 Å². The third-order valence-electron chi connectivity index (χ3n) is 7.44. The van der Waals surface area contributed by atoms with Gasteiger partial charge in [0.1, 0.15) is 0 Å². The van der Waals surface area contributed by atoms with E-state index >= 15 is 0 Å². The molecule has 3 nitrogen and oxygen atoms in total. The number of aromatic hydroxyl groups is 1. The molecule has 1 saturated heterocycles. The summed E-state index contributed by atoms with van der Waals surface area (Å²) in [6, 6.07) is 16.3. The van der Waals surface area contributed by atoms with Crippen molar-refractivity contribution in [1.82, 2.24) is 0 Å². The number of para-hydroxylation sites is 1. The number of phenolic OH excluding ortho intramolecular Hbond substituents is 1. The second-order valence-electron chi connectivity index (χ2n) is 11.1. The molecule has 2 aliphatic rings. The molecule has 1 unspecified atom stereocenters. The average Bonchev–Trinajstić information content (AvgIpc) is 3.34. The molecule has 0 radical (unpaired) electrons. The number of phenols is 1. The molecule has 2 fully saturated rings. The quantitative estimate of drug-likeness (QED) is 0.172. The first-order valence-corrected chi connectivity index (χ1v) is 18.1. The Morgan fingerprint density at radius 1 is 0.800 bits per heavy atom. The molecule has 0 aromatic heterocycles. The molecule has 0 spiro atoms. The zero-order chi connectivity index (χ0) is 29.2. The molecular formula is C34H46ClN2OPRu-. The summed E-state index contributed by atoms with van der Waals surface area (Å²) in [6.45, 7) is 17.6. The third kappa shape index (κ3) is 9.40. The van der Waals surface area contributed by atoms with Gasteiger partial charge in [0.05, 0.1) is 0 Å². The monoisotopic (exact) mass is 666 g/mol. The summed E-state index contributed by atoms with van der Waals surface area (Å²) < 4.78 is 1.85. The van der Waals surface area contributed by atoms with Crippen LogP contribution in [-0.2, 0) is 15.7 Å². The molecule has 1 N–H and O–H groups in total. The molecular weight excluding hydrogens is 620 g/mol. The molecule has 6 heteroatoms. The Hall–Kier alpha value is -1.73. The average molecular weight is 666 g/mol. The number of hydrogen-bond acceptors (Lipinski definition) is 3. The summed E-state index contributed by atoms with van der Waals surface area (Å²) >= 11 is -0.250. The predicted octanol–water partition coefficient (Wildman–Crippen LogP) is 8.96. The minimum atomic E-state index is -0.250. The summed E-state index contributed by atoms with van der Waals surface area (Å²) in [7, 11) is 8.44. The van der Waals surface area contributed by atoms with Gasteiger partial charge >= 0.3 is 70.7 Å². The number of aryl methyl sites for hydroxylation is 6. The van der Waals surface area contributed by atoms with Crippen molar-refractivity contribution in [2.24, 2.45) is 0 Å². The third-order valence-corrected chi connectivity index (χ3v) is 9.29. The van der Waals surface area contributed by atoms with Crippen LogP contribution in [-0.4, -0.2) is 28.5 Å². The van der Waals surface area contributed by atoms with E-state index < -0.39 is 0 Å². The Bertz CT molecular complexity index is 1180. The molecule has 219 valence electrons. The van der Waals surface area contributed by atoms with Gasteiger partial charge in [-0.05, 0) is 82.3 Å². The van der Waals surface area contributed by atoms with Crippen LogP contribution in [0.5, 0.6) is 5.75 Å². The second-order valence-corrected chi connectivity index (χ2v) is 13.9. The van der Waals surface area contributed by atoms with Gasteiger partial charge in [-0.25, -0.2) is 0 Å². The fraction of sp³-hybridized carbons (Fsp3) is 0.412. The van der Waals surface area contributed by atoms with E-state index in [9.17, 15) is 0 Å². The number of hydrogen-bond donors (Lipinski definition) is 1. The summed E-state index contributed by atoms with van der Waals surface area (Å²) in [6.07, 6.45) is 7.31. The molecule has 3 aromatic carbocycles. The van der Waals surface area contributed by atoms with Crippen LogP contribution in [0.15, 0.2) is 48.5 Å². The number of nitrogens with zero attached hydrogens (tertiary/aromatic N) is 2. The SMILES string of the molecule is Cc1cc(C)c(N2[CH-]N(c3c(C)cc(C)cc3C)CC2)c(C)c1.Oc1ccccc1[CH]=[Ru][Cl].PC1CCCCC1. The van der Waals surface area contributed by atoms with Crippen LogP contribution in [0, 0.1) is 48.2 Å². The zero-order valence-corrected chi connectivity index (χ0v) is 28.6. The molecule has 0 bridgehead atoms. The molecule has 40 heavy (non-hydrogen) atoms. The van der Waals surface area contributed by atoms with Gasteiger partial charge in [0.2, 0.25) is 0 Å². The van der Waals surface area contributed by atoms with E-state index in [1.54, 1.807) is 12.1 Å². The molecule has 1 atom stereocenters. The van der Waals surface area contributed by atoms with Crippen molar-refractivity contribution in [1.29, 1.82) is 0 Å². The molecule has 0 amide bonds. The van der Waals surface area contributed by atoms with Gasteiger partial charge < -0.3 is 9.80 Å². The summed E-state index contributed by atoms with van der Waals surface area (Å²) in [5.41, 5.74) is 12.6. The van der Waals surface area contributed by atoms with Gasteiger partial charge in [-0.3, -0.25) is 0 Å². The van der Waals surface area contributed by atoms with Crippen molar-refractivity contribution in [3.8, 4) is 5.75 Å². The van der Waals surface area contributed by atoms with Crippen LogP contribution < -0.4 is 9.80 Å². The van der Waals surface area contributed by atoms with Crippen LogP contribution in [0.2, 0.25) is 0 Å². The Kier molecular flexibility index (Phi) is 13.2. The van der Waals surface area contributed by atoms with Crippen molar-refractivity contribution in [2.45, 2.75) is 79.3 Å². The van der Waals surface area contributed by atoms with E-state index in [4.69, 9.17) is 14.8 Å². The maximum Gasteiger partial charge on any atom is -0.0264 e. The van der Waals surface area contributed by atoms with Gasteiger partial charge in [0.25, 0.3) is 0 Å². The van der Waals surface area contributed by atoms with Crippen molar-refractivity contribution in [2.75, 3.05) is 22.9 Å². The number of anilines is 2. The first-order chi connectivity index (χ1) is 19.1. The van der Waals surface area contributed by atoms with Gasteiger partial charge in [0.15, 0.2) is 0 Å². The maximum atomic E-state index is 9.17. The van der Waals surface area contributed by atoms with Crippen molar-refractivity contribution < 1.29 is 20.8 Å². The summed E-state index contributed by atoms with van der Waals surface area (Å²) in [5, 5.41) is 9.17. The zero-order valence-electron chi connectivity index (χ0n) is 25.0. The van der Waals surface area contributed by atoms with E-state index in [1.807, 2.05) is 16.7 Å². The van der Waals surface area contributed by atoms with Crippen LogP contribution in [0.4, 0.5) is 11.4 Å². The van der Waals surface area contributed by atoms with Gasteiger partial charge in [-0.1, -0.05) is 54.7 Å². The van der Waals surface area contributed by atoms with Crippen LogP contribution in [0.3, 0.4) is 0 Å². The van der Waals surface area contributed by atoms with E-state index in [0.29, 0.717) is 5.75 Å². The Morgan fingerprint density at radius 2 is 1.25 bits per heavy atom. The van der Waals surface area contributed by atoms with Crippen LogP contribution in [0.1, 0.15) is 71.0 Å². The first-order valence-electron chi connectivity index (χ1n) is 14.2. The fourth-order valence-corrected chi connectivity index (χ4v) is 7.43. The molecule has 5 rings (SSSR count). The summed E-state index contributed by atoms with van der Waals surface area (Å²) in [5.74, 6) is 0.303. The standard InChI is InChI=1S/C21H27N2.C7H6O.C6H13P.ClH.Ru/c1-14-9-16(3)20(17(4)10-14)22-7-8-23(13-22)21-18(5)11-15(2)12-19(21)6;1-6-4-2-3-5-7(6)8;7-6-4-2-1-3-5-6;;/h9-13H,7-8H2,1-6H3;1-5,8H;6H,1-5,7H2;1H;/q-1;;;;+1/p-1. The topological polar surface area (TPSA) is 26.7 Å². The minimum Gasteiger partial charge on any atom is -0.134 e. The normalized spacial score (nSPS) is 15.7. The molecule has 1 heterocycles. The minimum absolute atomic E-state index is 0.250. The Labute approximate surface area is 256 Å². The second kappa shape index (κ2) is 16.1. The number of benzene rings is 3. The summed E-state index contributed by atoms with van der Waals surface area (Å²) in [4.78, 5) is 4.81. The van der Waals surface area contributed by atoms with E-state index in [-0.39, 0.29) is 15.7 Å². The van der Waals surface area contributed by atoms with Crippen molar-refractivity contribution in [3.63, 3.8) is 0 Å². The van der Waals surface area contributed by atoms with E-state index in [2.05, 4.69) is 91.5 Å². The predicted molar refractivity (Wildman–Crippen MR) is 176 cm³/mol. The van der Waals surface area contributed by atoms with E-state index in [0.717, 1.165) is 24.3 Å². The Morgan fingerprint density at radius 3 is 1.62 bits per heavy atom. The van der Waals surface area contributed by atoms with E-state index in [1.165, 1.54) is 76.9 Å². The molecule has 1 aliphatic carbocycles. The molecule has 1 aliphatic heterocycles. The fourth-order valence-electron chi connectivity index (χ4n) is 5.84. The van der Waals surface area contributed by atoms with Gasteiger partial charge in [-0.15, -0.1) is 9.24 Å². The largest absolute Gasteiger partial charge is 0.134 e. The molecule has 1 saturated carbocycles. The van der Waals surface area contributed by atoms with Crippen molar-refractivity contribution in [3.05, 3.63) is 94.1 Å². The maximum absolute atomic E-state index is 9.17. The molecule has 3 aromatic rings. The van der Waals surface area contributed by atoms with Gasteiger partial charge in [-0.2, -0.15) is 6.67 Å². The Balaban J connectivity index is 0.000000212.